The Morgan fingerprint density at radius 3 is 2.86 bits per heavy atom. The quantitative estimate of drug-likeness (QED) is 0.711. The van der Waals surface area contributed by atoms with Crippen molar-refractivity contribution in [3.63, 3.8) is 0 Å². The van der Waals surface area contributed by atoms with Gasteiger partial charge in [0.2, 0.25) is 0 Å². The van der Waals surface area contributed by atoms with Crippen molar-refractivity contribution >= 4 is 38.6 Å². The molecule has 0 aliphatic carbocycles. The van der Waals surface area contributed by atoms with E-state index in [-0.39, 0.29) is 5.69 Å². The fraction of sp³-hybridized carbons (Fsp3) is 0.250. The van der Waals surface area contributed by atoms with E-state index in [1.54, 1.807) is 11.3 Å². The molecule has 0 spiro atoms. The number of rotatable bonds is 5. The Morgan fingerprint density at radius 1 is 1.33 bits per heavy atom. The third kappa shape index (κ3) is 3.31. The van der Waals surface area contributed by atoms with Crippen molar-refractivity contribution in [2.24, 2.45) is 0 Å². The van der Waals surface area contributed by atoms with E-state index in [1.165, 1.54) is 30.5 Å². The minimum atomic E-state index is -0.204. The van der Waals surface area contributed by atoms with Crippen LogP contribution in [0.5, 0.6) is 0 Å². The lowest BCUT2D eigenvalue weighted by molar-refractivity contribution is -0.917. The van der Waals surface area contributed by atoms with Gasteiger partial charge in [0.15, 0.2) is 6.67 Å². The van der Waals surface area contributed by atoms with E-state index in [1.807, 2.05) is 30.6 Å². The lowest BCUT2D eigenvalue weighted by Crippen LogP contribution is -3.07. The van der Waals surface area contributed by atoms with Crippen LogP contribution < -0.4 is 10.6 Å². The first kappa shape index (κ1) is 14.6. The number of aromatic nitrogens is 4. The standard InChI is InChI=1S/C12H12BrN5OS2/c1-16(7-9-4-5-10(13)21-9)8-17-12(19)18(15-14-17)11-3-2-6-20-11/h2-6H,7-8H2,1H3/p+1. The highest BCUT2D eigenvalue weighted by Crippen LogP contribution is 2.21. The summed E-state index contributed by atoms with van der Waals surface area (Å²) in [6, 6.07) is 7.86. The average molecular weight is 387 g/mol. The molecule has 0 saturated heterocycles. The van der Waals surface area contributed by atoms with Crippen LogP contribution in [0.2, 0.25) is 0 Å². The Morgan fingerprint density at radius 2 is 2.19 bits per heavy atom. The fourth-order valence-electron chi connectivity index (χ4n) is 1.96. The zero-order valence-electron chi connectivity index (χ0n) is 11.2. The van der Waals surface area contributed by atoms with Gasteiger partial charge < -0.3 is 4.90 Å². The van der Waals surface area contributed by atoms with Gasteiger partial charge in [-0.25, -0.2) is 4.79 Å². The van der Waals surface area contributed by atoms with E-state index >= 15 is 0 Å². The molecule has 0 radical (unpaired) electrons. The maximum atomic E-state index is 12.2. The van der Waals surface area contributed by atoms with Gasteiger partial charge in [0.1, 0.15) is 11.5 Å². The normalized spacial score (nSPS) is 12.7. The molecule has 9 heteroatoms. The molecule has 0 aromatic carbocycles. The van der Waals surface area contributed by atoms with Crippen LogP contribution in [0.3, 0.4) is 0 Å². The Balaban J connectivity index is 1.72. The predicted octanol–water partition coefficient (Wildman–Crippen LogP) is 0.987. The molecule has 21 heavy (non-hydrogen) atoms. The van der Waals surface area contributed by atoms with Crippen molar-refractivity contribution in [3.8, 4) is 5.00 Å². The maximum absolute atomic E-state index is 12.2. The lowest BCUT2D eigenvalue weighted by Gasteiger charge is -2.11. The van der Waals surface area contributed by atoms with Crippen LogP contribution in [-0.4, -0.2) is 26.8 Å². The second-order valence-corrected chi connectivity index (χ2v) is 8.10. The van der Waals surface area contributed by atoms with E-state index in [2.05, 4.69) is 32.4 Å². The van der Waals surface area contributed by atoms with Gasteiger partial charge in [-0.2, -0.15) is 0 Å². The smallest absolute Gasteiger partial charge is 0.314 e. The maximum Gasteiger partial charge on any atom is 0.374 e. The van der Waals surface area contributed by atoms with Crippen LogP contribution in [0.1, 0.15) is 4.88 Å². The number of hydrogen-bond acceptors (Lipinski definition) is 5. The minimum Gasteiger partial charge on any atom is -0.314 e. The first-order valence-electron chi connectivity index (χ1n) is 6.25. The number of hydrogen-bond donors (Lipinski definition) is 1. The summed E-state index contributed by atoms with van der Waals surface area (Å²) in [5.74, 6) is 0. The van der Waals surface area contributed by atoms with E-state index in [0.29, 0.717) is 6.67 Å². The number of quaternary nitrogens is 1. The van der Waals surface area contributed by atoms with Gasteiger partial charge in [-0.05, 0) is 56.0 Å². The molecule has 0 fully saturated rings. The average Bonchev–Trinajstić information content (AvgIpc) is 3.14. The van der Waals surface area contributed by atoms with Crippen molar-refractivity contribution in [3.05, 3.63) is 48.8 Å². The van der Waals surface area contributed by atoms with E-state index in [9.17, 15) is 4.79 Å². The van der Waals surface area contributed by atoms with Crippen molar-refractivity contribution < 1.29 is 4.90 Å². The molecule has 110 valence electrons. The van der Waals surface area contributed by atoms with Gasteiger partial charge in [-0.15, -0.1) is 32.0 Å². The second kappa shape index (κ2) is 6.22. The van der Waals surface area contributed by atoms with E-state index in [0.717, 1.165) is 15.3 Å². The highest BCUT2D eigenvalue weighted by atomic mass is 79.9. The number of tetrazole rings is 1. The van der Waals surface area contributed by atoms with Crippen molar-refractivity contribution in [2.75, 3.05) is 7.05 Å². The van der Waals surface area contributed by atoms with Crippen LogP contribution >= 0.6 is 38.6 Å². The molecular weight excluding hydrogens is 374 g/mol. The summed E-state index contributed by atoms with van der Waals surface area (Å²) in [5.41, 5.74) is -0.204. The monoisotopic (exact) mass is 386 g/mol. The molecule has 0 bridgehead atoms. The number of thiophene rings is 2. The highest BCUT2D eigenvalue weighted by molar-refractivity contribution is 9.11. The molecule has 3 rings (SSSR count). The summed E-state index contributed by atoms with van der Waals surface area (Å²) in [5, 5.41) is 10.6. The Hall–Kier alpha value is -1.29. The molecule has 3 aromatic rings. The summed E-state index contributed by atoms with van der Waals surface area (Å²) in [6.07, 6.45) is 0. The largest absolute Gasteiger partial charge is 0.374 e. The molecule has 3 heterocycles. The third-order valence-electron chi connectivity index (χ3n) is 2.88. The number of halogens is 1. The molecule has 6 nitrogen and oxygen atoms in total. The van der Waals surface area contributed by atoms with E-state index in [4.69, 9.17) is 0 Å². The molecule has 0 aliphatic heterocycles. The van der Waals surface area contributed by atoms with Crippen molar-refractivity contribution in [1.82, 2.24) is 19.8 Å². The van der Waals surface area contributed by atoms with Crippen LogP contribution in [0, 0.1) is 0 Å². The van der Waals surface area contributed by atoms with Crippen LogP contribution in [0.25, 0.3) is 5.00 Å². The molecule has 1 atom stereocenters. The molecular formula is C12H13BrN5OS2+. The van der Waals surface area contributed by atoms with Crippen LogP contribution in [0.4, 0.5) is 0 Å². The van der Waals surface area contributed by atoms with Gasteiger partial charge >= 0.3 is 5.69 Å². The second-order valence-electron chi connectivity index (χ2n) is 4.62. The van der Waals surface area contributed by atoms with Crippen molar-refractivity contribution in [1.29, 1.82) is 0 Å². The van der Waals surface area contributed by atoms with Crippen LogP contribution in [0.15, 0.2) is 38.2 Å². The minimum absolute atomic E-state index is 0.204. The van der Waals surface area contributed by atoms with Gasteiger partial charge in [0, 0.05) is 0 Å². The molecule has 0 aliphatic rings. The Bertz CT molecular complexity index is 776. The Kier molecular flexibility index (Phi) is 4.34. The fourth-order valence-corrected chi connectivity index (χ4v) is 4.22. The third-order valence-corrected chi connectivity index (χ3v) is 5.35. The molecule has 0 amide bonds. The van der Waals surface area contributed by atoms with Gasteiger partial charge in [0.25, 0.3) is 0 Å². The first-order valence-corrected chi connectivity index (χ1v) is 8.74. The van der Waals surface area contributed by atoms with Crippen LogP contribution in [-0.2, 0) is 13.2 Å². The van der Waals surface area contributed by atoms with Gasteiger partial charge in [-0.3, -0.25) is 0 Å². The first-order chi connectivity index (χ1) is 10.1. The summed E-state index contributed by atoms with van der Waals surface area (Å²) in [6.45, 7) is 1.33. The molecule has 3 aromatic heterocycles. The topological polar surface area (TPSA) is 57.2 Å². The SMILES string of the molecule is C[NH+](Cc1ccc(Br)s1)Cn1nnn(-c2cccs2)c1=O. The zero-order chi connectivity index (χ0) is 14.8. The Labute approximate surface area is 137 Å². The molecule has 0 saturated carbocycles. The van der Waals surface area contributed by atoms with Crippen molar-refractivity contribution in [2.45, 2.75) is 13.2 Å². The molecule has 1 unspecified atom stereocenters. The number of nitrogens with zero attached hydrogens (tertiary/aromatic N) is 4. The van der Waals surface area contributed by atoms with Gasteiger partial charge in [0.05, 0.1) is 15.7 Å². The summed E-state index contributed by atoms with van der Waals surface area (Å²) >= 11 is 6.62. The zero-order valence-corrected chi connectivity index (χ0v) is 14.4. The van der Waals surface area contributed by atoms with Gasteiger partial charge in [-0.1, -0.05) is 0 Å². The predicted molar refractivity (Wildman–Crippen MR) is 86.1 cm³/mol. The number of nitrogens with one attached hydrogen (secondary N) is 1. The lowest BCUT2D eigenvalue weighted by atomic mass is 10.4. The molecule has 1 N–H and O–H groups in total. The summed E-state index contributed by atoms with van der Waals surface area (Å²) in [4.78, 5) is 14.7. The summed E-state index contributed by atoms with van der Waals surface area (Å²) in [7, 11) is 2.03. The highest BCUT2D eigenvalue weighted by Gasteiger charge is 2.13. The summed E-state index contributed by atoms with van der Waals surface area (Å²) < 4.78 is 3.85. The van der Waals surface area contributed by atoms with E-state index < -0.39 is 0 Å².